The molecule has 1 unspecified atom stereocenters. The van der Waals surface area contributed by atoms with E-state index in [1.807, 2.05) is 0 Å². The Morgan fingerprint density at radius 1 is 1.78 bits per heavy atom. The summed E-state index contributed by atoms with van der Waals surface area (Å²) in [5.41, 5.74) is 0. The average Bonchev–Trinajstić information content (AvgIpc) is 2.18. The maximum Gasteiger partial charge on any atom is 0.146 e. The van der Waals surface area contributed by atoms with Crippen LogP contribution >= 0.6 is 11.8 Å². The van der Waals surface area contributed by atoms with Gasteiger partial charge in [0.05, 0.1) is 5.75 Å². The minimum atomic E-state index is 0.150. The number of aliphatic hydroxyl groups excluding tert-OH is 1. The average molecular weight is 146 g/mol. The molecule has 0 saturated carbocycles. The van der Waals surface area contributed by atoms with Crippen LogP contribution < -0.4 is 0 Å². The number of aliphatic hydroxyl groups is 1. The van der Waals surface area contributed by atoms with Crippen molar-refractivity contribution in [2.24, 2.45) is 5.92 Å². The summed E-state index contributed by atoms with van der Waals surface area (Å²) < 4.78 is 0. The van der Waals surface area contributed by atoms with Crippen LogP contribution in [0.4, 0.5) is 0 Å². The lowest BCUT2D eigenvalue weighted by atomic mass is 10.1. The van der Waals surface area contributed by atoms with Crippen molar-refractivity contribution in [1.29, 1.82) is 0 Å². The molecule has 0 amide bonds. The summed E-state index contributed by atoms with van der Waals surface area (Å²) in [6.45, 7) is 0.150. The zero-order chi connectivity index (χ0) is 6.69. The summed E-state index contributed by atoms with van der Waals surface area (Å²) in [7, 11) is 0. The van der Waals surface area contributed by atoms with Gasteiger partial charge in [0.2, 0.25) is 0 Å². The molecule has 2 nitrogen and oxygen atoms in total. The molecule has 1 fully saturated rings. The Balaban J connectivity index is 2.31. The SMILES string of the molecule is O=C1CSCC1CCO. The fraction of sp³-hybridized carbons (Fsp3) is 0.833. The van der Waals surface area contributed by atoms with E-state index in [1.54, 1.807) is 11.8 Å². The summed E-state index contributed by atoms with van der Waals surface area (Å²) in [6, 6.07) is 0. The molecule has 0 aromatic heterocycles. The van der Waals surface area contributed by atoms with Crippen molar-refractivity contribution in [3.05, 3.63) is 0 Å². The van der Waals surface area contributed by atoms with Gasteiger partial charge in [0.15, 0.2) is 0 Å². The van der Waals surface area contributed by atoms with Crippen molar-refractivity contribution in [3.63, 3.8) is 0 Å². The lowest BCUT2D eigenvalue weighted by Crippen LogP contribution is -2.12. The molecule has 1 N–H and O–H groups in total. The van der Waals surface area contributed by atoms with Gasteiger partial charge < -0.3 is 5.11 Å². The highest BCUT2D eigenvalue weighted by Gasteiger charge is 2.23. The van der Waals surface area contributed by atoms with E-state index in [0.717, 1.165) is 5.75 Å². The van der Waals surface area contributed by atoms with Crippen LogP contribution in [0.2, 0.25) is 0 Å². The zero-order valence-electron chi connectivity index (χ0n) is 5.17. The highest BCUT2D eigenvalue weighted by atomic mass is 32.2. The topological polar surface area (TPSA) is 37.3 Å². The maximum atomic E-state index is 10.8. The number of Topliss-reactive ketones (excluding diaryl/α,β-unsaturated/α-hetero) is 1. The van der Waals surface area contributed by atoms with E-state index in [0.29, 0.717) is 18.0 Å². The van der Waals surface area contributed by atoms with Gasteiger partial charge in [-0.3, -0.25) is 4.79 Å². The van der Waals surface area contributed by atoms with E-state index in [9.17, 15) is 4.79 Å². The number of carbonyl (C=O) groups excluding carboxylic acids is 1. The number of thioether (sulfide) groups is 1. The van der Waals surface area contributed by atoms with Gasteiger partial charge in [-0.05, 0) is 6.42 Å². The molecule has 0 radical (unpaired) electrons. The second-order valence-corrected chi connectivity index (χ2v) is 3.22. The lowest BCUT2D eigenvalue weighted by molar-refractivity contribution is -0.119. The van der Waals surface area contributed by atoms with Gasteiger partial charge in [-0.15, -0.1) is 0 Å². The molecule has 0 bridgehead atoms. The molecule has 0 spiro atoms. The van der Waals surface area contributed by atoms with Gasteiger partial charge >= 0.3 is 0 Å². The molecule has 1 atom stereocenters. The first-order chi connectivity index (χ1) is 4.34. The molecule has 1 aliphatic heterocycles. The summed E-state index contributed by atoms with van der Waals surface area (Å²) in [5.74, 6) is 2.04. The van der Waals surface area contributed by atoms with E-state index in [4.69, 9.17) is 5.11 Å². The monoisotopic (exact) mass is 146 g/mol. The number of rotatable bonds is 2. The van der Waals surface area contributed by atoms with Crippen LogP contribution in [0, 0.1) is 5.92 Å². The predicted molar refractivity (Wildman–Crippen MR) is 37.5 cm³/mol. The summed E-state index contributed by atoms with van der Waals surface area (Å²) >= 11 is 1.67. The smallest absolute Gasteiger partial charge is 0.146 e. The van der Waals surface area contributed by atoms with E-state index in [-0.39, 0.29) is 12.5 Å². The third-order valence-corrected chi connectivity index (χ3v) is 2.62. The molecular formula is C6H10O2S. The molecule has 1 aliphatic rings. The third kappa shape index (κ3) is 1.69. The Kier molecular flexibility index (Phi) is 2.54. The third-order valence-electron chi connectivity index (χ3n) is 1.50. The standard InChI is InChI=1S/C6H10O2S/c7-2-1-5-3-9-4-6(5)8/h5,7H,1-4H2. The lowest BCUT2D eigenvalue weighted by Gasteiger charge is -2.00. The Morgan fingerprint density at radius 3 is 3.00 bits per heavy atom. The second kappa shape index (κ2) is 3.22. The molecule has 3 heteroatoms. The molecular weight excluding hydrogens is 136 g/mol. The maximum absolute atomic E-state index is 10.8. The van der Waals surface area contributed by atoms with Gasteiger partial charge in [-0.2, -0.15) is 11.8 Å². The molecule has 52 valence electrons. The predicted octanol–water partition coefficient (Wildman–Crippen LogP) is 0.301. The largest absolute Gasteiger partial charge is 0.396 e. The normalized spacial score (nSPS) is 27.2. The summed E-state index contributed by atoms with van der Waals surface area (Å²) in [4.78, 5) is 10.8. The minimum absolute atomic E-state index is 0.150. The van der Waals surface area contributed by atoms with E-state index < -0.39 is 0 Å². The van der Waals surface area contributed by atoms with Crippen molar-refractivity contribution in [2.75, 3.05) is 18.1 Å². The van der Waals surface area contributed by atoms with Crippen LogP contribution in [0.3, 0.4) is 0 Å². The first kappa shape index (κ1) is 7.09. The van der Waals surface area contributed by atoms with Crippen molar-refractivity contribution < 1.29 is 9.90 Å². The van der Waals surface area contributed by atoms with Gasteiger partial charge in [-0.25, -0.2) is 0 Å². The molecule has 1 saturated heterocycles. The van der Waals surface area contributed by atoms with E-state index in [2.05, 4.69) is 0 Å². The van der Waals surface area contributed by atoms with Crippen LogP contribution in [0.25, 0.3) is 0 Å². The number of ketones is 1. The van der Waals surface area contributed by atoms with Crippen LogP contribution in [-0.2, 0) is 4.79 Å². The minimum Gasteiger partial charge on any atom is -0.396 e. The fourth-order valence-corrected chi connectivity index (χ4v) is 2.10. The summed E-state index contributed by atoms with van der Waals surface area (Å²) in [6.07, 6.45) is 0.659. The summed E-state index contributed by atoms with van der Waals surface area (Å²) in [5, 5.41) is 8.48. The van der Waals surface area contributed by atoms with Gasteiger partial charge in [0, 0.05) is 18.3 Å². The molecule has 9 heavy (non-hydrogen) atoms. The molecule has 0 aromatic carbocycles. The van der Waals surface area contributed by atoms with E-state index >= 15 is 0 Å². The van der Waals surface area contributed by atoms with Gasteiger partial charge in [-0.1, -0.05) is 0 Å². The van der Waals surface area contributed by atoms with E-state index in [1.165, 1.54) is 0 Å². The Hall–Kier alpha value is -0.0200. The molecule has 1 heterocycles. The van der Waals surface area contributed by atoms with Crippen molar-refractivity contribution >= 4 is 17.5 Å². The van der Waals surface area contributed by atoms with Crippen LogP contribution in [0.1, 0.15) is 6.42 Å². The Labute approximate surface area is 58.6 Å². The van der Waals surface area contributed by atoms with Crippen LogP contribution in [0.5, 0.6) is 0 Å². The molecule has 1 rings (SSSR count). The van der Waals surface area contributed by atoms with Crippen molar-refractivity contribution in [1.82, 2.24) is 0 Å². The zero-order valence-corrected chi connectivity index (χ0v) is 5.99. The first-order valence-corrected chi connectivity index (χ1v) is 4.21. The van der Waals surface area contributed by atoms with Crippen molar-refractivity contribution in [3.8, 4) is 0 Å². The Bertz CT molecular complexity index is 114. The van der Waals surface area contributed by atoms with Gasteiger partial charge in [0.1, 0.15) is 5.78 Å². The molecule has 0 aliphatic carbocycles. The highest BCUT2D eigenvalue weighted by molar-refractivity contribution is 8.00. The van der Waals surface area contributed by atoms with Crippen LogP contribution in [0.15, 0.2) is 0 Å². The van der Waals surface area contributed by atoms with Crippen molar-refractivity contribution in [2.45, 2.75) is 6.42 Å². The van der Waals surface area contributed by atoms with Gasteiger partial charge in [0.25, 0.3) is 0 Å². The quantitative estimate of drug-likeness (QED) is 0.609. The van der Waals surface area contributed by atoms with Crippen LogP contribution in [-0.4, -0.2) is 29.0 Å². The fourth-order valence-electron chi connectivity index (χ4n) is 0.913. The Morgan fingerprint density at radius 2 is 2.56 bits per heavy atom. The number of carbonyl (C=O) groups is 1. The highest BCUT2D eigenvalue weighted by Crippen LogP contribution is 2.22. The second-order valence-electron chi connectivity index (χ2n) is 2.19. The number of hydrogen-bond donors (Lipinski definition) is 1. The molecule has 0 aromatic rings. The number of hydrogen-bond acceptors (Lipinski definition) is 3. The first-order valence-electron chi connectivity index (χ1n) is 3.06.